The number of phenols is 1. The van der Waals surface area contributed by atoms with Crippen LogP contribution in [0.2, 0.25) is 0 Å². The van der Waals surface area contributed by atoms with Crippen molar-refractivity contribution in [1.29, 1.82) is 0 Å². The summed E-state index contributed by atoms with van der Waals surface area (Å²) in [5.41, 5.74) is 0.214. The van der Waals surface area contributed by atoms with E-state index in [-0.39, 0.29) is 23.8 Å². The first-order valence-corrected chi connectivity index (χ1v) is 6.66. The van der Waals surface area contributed by atoms with Gasteiger partial charge in [-0.15, -0.1) is 0 Å². The van der Waals surface area contributed by atoms with E-state index in [4.69, 9.17) is 9.84 Å². The molecule has 1 heterocycles. The fraction of sp³-hybridized carbons (Fsp3) is 0.500. The molecule has 0 aromatic heterocycles. The Hall–Kier alpha value is -1.79. The molecular weight excluding hydrogens is 260 g/mol. The fourth-order valence-electron chi connectivity index (χ4n) is 2.38. The van der Waals surface area contributed by atoms with Gasteiger partial charge in [0.2, 0.25) is 0 Å². The number of β-amino-alcohol motifs (C(OH)–C–C–N with tert-alkyl or cyclic N) is 1. The minimum Gasteiger partial charge on any atom is -0.507 e. The standard InChI is InChI=1S/C14H20N2O4/c1-20-12-4-2-3-11(18)13(12)14(19)16-7-5-15(6-8-16)9-10-17/h2-4,17-18H,5-10H2,1H3. The van der Waals surface area contributed by atoms with E-state index >= 15 is 0 Å². The highest BCUT2D eigenvalue weighted by Crippen LogP contribution is 2.28. The normalized spacial score (nSPS) is 16.2. The SMILES string of the molecule is COc1cccc(O)c1C(=O)N1CCN(CCO)CC1. The van der Waals surface area contributed by atoms with Crippen molar-refractivity contribution in [1.82, 2.24) is 9.80 Å². The average Bonchev–Trinajstić information content (AvgIpc) is 2.47. The van der Waals surface area contributed by atoms with Crippen LogP contribution in [-0.2, 0) is 0 Å². The van der Waals surface area contributed by atoms with Crippen molar-refractivity contribution in [3.63, 3.8) is 0 Å². The Balaban J connectivity index is 2.09. The number of aliphatic hydroxyl groups is 1. The van der Waals surface area contributed by atoms with Crippen molar-refractivity contribution in [2.24, 2.45) is 0 Å². The van der Waals surface area contributed by atoms with Crippen LogP contribution in [0.3, 0.4) is 0 Å². The molecule has 2 rings (SSSR count). The molecule has 0 aliphatic carbocycles. The number of piperazine rings is 1. The number of methoxy groups -OCH3 is 1. The second-order valence-corrected chi connectivity index (χ2v) is 4.71. The molecule has 1 aliphatic rings. The fourth-order valence-corrected chi connectivity index (χ4v) is 2.38. The molecule has 0 atom stereocenters. The van der Waals surface area contributed by atoms with Gasteiger partial charge in [0.25, 0.3) is 5.91 Å². The van der Waals surface area contributed by atoms with Crippen LogP contribution in [0.4, 0.5) is 0 Å². The molecular formula is C14H20N2O4. The average molecular weight is 280 g/mol. The third-order valence-electron chi connectivity index (χ3n) is 3.51. The van der Waals surface area contributed by atoms with Gasteiger partial charge in [-0.2, -0.15) is 0 Å². The van der Waals surface area contributed by atoms with Gasteiger partial charge in [0.15, 0.2) is 0 Å². The molecule has 2 N–H and O–H groups in total. The third-order valence-corrected chi connectivity index (χ3v) is 3.51. The lowest BCUT2D eigenvalue weighted by Gasteiger charge is -2.34. The summed E-state index contributed by atoms with van der Waals surface area (Å²) < 4.78 is 5.15. The Morgan fingerprint density at radius 3 is 2.60 bits per heavy atom. The topological polar surface area (TPSA) is 73.2 Å². The zero-order chi connectivity index (χ0) is 14.5. The van der Waals surface area contributed by atoms with Crippen LogP contribution < -0.4 is 4.74 Å². The van der Waals surface area contributed by atoms with Crippen LogP contribution in [0.1, 0.15) is 10.4 Å². The number of phenolic OH excluding ortho intramolecular Hbond substituents is 1. The number of ether oxygens (including phenoxy) is 1. The number of aromatic hydroxyl groups is 1. The minimum absolute atomic E-state index is 0.0628. The van der Waals surface area contributed by atoms with Crippen molar-refractivity contribution in [3.05, 3.63) is 23.8 Å². The molecule has 110 valence electrons. The molecule has 0 radical (unpaired) electrons. The van der Waals surface area contributed by atoms with Gasteiger partial charge in [0.1, 0.15) is 17.1 Å². The summed E-state index contributed by atoms with van der Waals surface area (Å²) >= 11 is 0. The van der Waals surface area contributed by atoms with Crippen LogP contribution >= 0.6 is 0 Å². The lowest BCUT2D eigenvalue weighted by Crippen LogP contribution is -2.49. The van der Waals surface area contributed by atoms with E-state index in [2.05, 4.69) is 4.90 Å². The monoisotopic (exact) mass is 280 g/mol. The molecule has 0 saturated carbocycles. The Kier molecular flexibility index (Phi) is 4.81. The number of hydrogen-bond acceptors (Lipinski definition) is 5. The molecule has 1 aromatic rings. The maximum Gasteiger partial charge on any atom is 0.261 e. The molecule has 1 aliphatic heterocycles. The lowest BCUT2D eigenvalue weighted by molar-refractivity contribution is 0.0609. The Morgan fingerprint density at radius 2 is 2.00 bits per heavy atom. The predicted molar refractivity (Wildman–Crippen MR) is 74.1 cm³/mol. The van der Waals surface area contributed by atoms with Crippen molar-refractivity contribution >= 4 is 5.91 Å². The number of aliphatic hydroxyl groups excluding tert-OH is 1. The van der Waals surface area contributed by atoms with Gasteiger partial charge in [0.05, 0.1) is 13.7 Å². The summed E-state index contributed by atoms with van der Waals surface area (Å²) in [6.07, 6.45) is 0. The van der Waals surface area contributed by atoms with E-state index in [1.807, 2.05) is 0 Å². The van der Waals surface area contributed by atoms with E-state index in [0.29, 0.717) is 25.4 Å². The first kappa shape index (κ1) is 14.6. The number of rotatable bonds is 4. The maximum absolute atomic E-state index is 12.5. The molecule has 0 spiro atoms. The summed E-state index contributed by atoms with van der Waals surface area (Å²) in [6, 6.07) is 4.79. The smallest absolute Gasteiger partial charge is 0.261 e. The zero-order valence-electron chi connectivity index (χ0n) is 11.6. The zero-order valence-corrected chi connectivity index (χ0v) is 11.6. The first-order valence-electron chi connectivity index (χ1n) is 6.66. The summed E-state index contributed by atoms with van der Waals surface area (Å²) in [4.78, 5) is 16.3. The summed E-state index contributed by atoms with van der Waals surface area (Å²) in [6.45, 7) is 3.36. The van der Waals surface area contributed by atoms with Gasteiger partial charge >= 0.3 is 0 Å². The number of hydrogen-bond donors (Lipinski definition) is 2. The Morgan fingerprint density at radius 1 is 1.30 bits per heavy atom. The third kappa shape index (κ3) is 3.02. The number of nitrogens with zero attached hydrogens (tertiary/aromatic N) is 2. The summed E-state index contributed by atoms with van der Waals surface area (Å²) in [7, 11) is 1.48. The highest BCUT2D eigenvalue weighted by Gasteiger charge is 2.26. The first-order chi connectivity index (χ1) is 9.67. The van der Waals surface area contributed by atoms with E-state index in [1.54, 1.807) is 17.0 Å². The summed E-state index contributed by atoms with van der Waals surface area (Å²) in [5, 5.41) is 18.8. The highest BCUT2D eigenvalue weighted by atomic mass is 16.5. The van der Waals surface area contributed by atoms with Crippen molar-refractivity contribution in [3.8, 4) is 11.5 Å². The van der Waals surface area contributed by atoms with Gasteiger partial charge < -0.3 is 19.8 Å². The molecule has 1 fully saturated rings. The molecule has 0 bridgehead atoms. The molecule has 6 nitrogen and oxygen atoms in total. The van der Waals surface area contributed by atoms with Crippen LogP contribution in [0.5, 0.6) is 11.5 Å². The van der Waals surface area contributed by atoms with Crippen LogP contribution in [-0.4, -0.2) is 72.4 Å². The van der Waals surface area contributed by atoms with Crippen LogP contribution in [0.25, 0.3) is 0 Å². The molecule has 1 saturated heterocycles. The highest BCUT2D eigenvalue weighted by molar-refractivity contribution is 5.99. The van der Waals surface area contributed by atoms with Gasteiger partial charge in [-0.25, -0.2) is 0 Å². The quantitative estimate of drug-likeness (QED) is 0.821. The molecule has 6 heteroatoms. The second kappa shape index (κ2) is 6.58. The van der Waals surface area contributed by atoms with Crippen molar-refractivity contribution in [2.45, 2.75) is 0 Å². The molecule has 20 heavy (non-hydrogen) atoms. The molecule has 0 unspecified atom stereocenters. The molecule has 1 aromatic carbocycles. The number of amides is 1. The minimum atomic E-state index is -0.219. The van der Waals surface area contributed by atoms with E-state index in [0.717, 1.165) is 13.1 Å². The lowest BCUT2D eigenvalue weighted by atomic mass is 10.1. The molecule has 1 amide bonds. The number of benzene rings is 1. The van der Waals surface area contributed by atoms with E-state index < -0.39 is 0 Å². The largest absolute Gasteiger partial charge is 0.507 e. The second-order valence-electron chi connectivity index (χ2n) is 4.71. The predicted octanol–water partition coefficient (Wildman–Crippen LogP) is 0.151. The number of carbonyl (C=O) groups is 1. The van der Waals surface area contributed by atoms with Gasteiger partial charge in [-0.05, 0) is 12.1 Å². The van der Waals surface area contributed by atoms with Crippen LogP contribution in [0.15, 0.2) is 18.2 Å². The maximum atomic E-state index is 12.5. The van der Waals surface area contributed by atoms with Crippen LogP contribution in [0, 0.1) is 0 Å². The van der Waals surface area contributed by atoms with Gasteiger partial charge in [-0.1, -0.05) is 6.07 Å². The Bertz CT molecular complexity index is 470. The van der Waals surface area contributed by atoms with E-state index in [9.17, 15) is 9.90 Å². The van der Waals surface area contributed by atoms with Crippen molar-refractivity contribution in [2.75, 3.05) is 46.4 Å². The van der Waals surface area contributed by atoms with Crippen molar-refractivity contribution < 1.29 is 19.7 Å². The number of carbonyl (C=O) groups excluding carboxylic acids is 1. The summed E-state index contributed by atoms with van der Waals surface area (Å²) in [5.74, 6) is 0.100. The van der Waals surface area contributed by atoms with Gasteiger partial charge in [0, 0.05) is 32.7 Å². The van der Waals surface area contributed by atoms with E-state index in [1.165, 1.54) is 13.2 Å². The van der Waals surface area contributed by atoms with Gasteiger partial charge in [-0.3, -0.25) is 9.69 Å². The Labute approximate surface area is 118 Å².